The monoisotopic (exact) mass is 1680 g/mol. The van der Waals surface area contributed by atoms with Crippen LogP contribution in [0.1, 0.15) is 271 Å². The maximum absolute atomic E-state index is 13.6. The lowest BCUT2D eigenvalue weighted by molar-refractivity contribution is -0.316. The van der Waals surface area contributed by atoms with Crippen LogP contribution >= 0.6 is 0 Å². The third kappa shape index (κ3) is 35.1. The predicted molar refractivity (Wildman–Crippen MR) is 417 cm³/mol. The zero-order valence-electron chi connectivity index (χ0n) is 69.8. The highest BCUT2D eigenvalue weighted by Crippen LogP contribution is 2.34. The lowest BCUT2D eigenvalue weighted by Gasteiger charge is -2.42. The Morgan fingerprint density at radius 3 is 0.897 bits per heavy atom. The van der Waals surface area contributed by atoms with E-state index < -0.39 is 211 Å². The van der Waals surface area contributed by atoms with E-state index in [4.69, 9.17) is 71.1 Å². The molecule has 0 aromatic carbocycles. The van der Waals surface area contributed by atoms with Gasteiger partial charge in [0.25, 0.3) is 0 Å². The highest BCUT2D eigenvalue weighted by Gasteiger charge is 2.51. The molecule has 31 atom stereocenters. The number of esters is 2. The van der Waals surface area contributed by atoms with Gasteiger partial charge in [-0.3, -0.25) is 9.59 Å². The van der Waals surface area contributed by atoms with Crippen molar-refractivity contribution in [2.75, 3.05) is 54.4 Å². The summed E-state index contributed by atoms with van der Waals surface area (Å²) in [4.78, 5) is 27.2. The average molecular weight is 1680 g/mol. The van der Waals surface area contributed by atoms with Gasteiger partial charge >= 0.3 is 11.9 Å². The Morgan fingerprint density at radius 2 is 0.595 bits per heavy atom. The fourth-order valence-electron chi connectivity index (χ4n) is 16.5. The van der Waals surface area contributed by atoms with E-state index in [-0.39, 0.29) is 37.3 Å². The first-order chi connectivity index (χ1) is 55.9. The van der Waals surface area contributed by atoms with Crippen LogP contribution in [0.3, 0.4) is 0 Å². The lowest BCUT2D eigenvalue weighted by atomic mass is 9.98. The number of unbranched alkanes of at least 4 members (excludes halogenated alkanes) is 26. The first-order valence-corrected chi connectivity index (χ1v) is 44.0. The molecule has 0 spiro atoms. The van der Waals surface area contributed by atoms with Gasteiger partial charge in [0.1, 0.15) is 135 Å². The summed E-state index contributed by atoms with van der Waals surface area (Å²) in [6.45, 7) is 1.10. The Balaban J connectivity index is 0.871. The second-order valence-corrected chi connectivity index (χ2v) is 33.3. The molecule has 6 fully saturated rings. The van der Waals surface area contributed by atoms with Crippen LogP contribution in [0.2, 0.25) is 0 Å². The van der Waals surface area contributed by atoms with Crippen molar-refractivity contribution in [3.05, 3.63) is 0 Å². The average Bonchev–Trinajstić information content (AvgIpc) is 0.833. The standard InChI is InChI=1S/C83H152O33/c1-51(87)36-28-26-34-40-53(108-82-77(103-4)72(98)65(91)58(47-85)113-82)38-30-22-19-15-12-9-13-17-21-25-33-43-56-45-63(89)106-50-60-67(93)69(95)74(100)79(115-60)110-55(44-62(88)105-49-61-68(94)70(96)75(101)80(111-56)116-61)42-32-24-20-16-11-8-6-7-10-14-18-23-31-39-54(109-83-78(104-5)73(99)66(92)59(48-86)114-83)41-35-27-29-37-52(2)107-81-76(102-3)71(97)64(90)57(46-84)112-81/h51-61,64-87,90-101H,6-50H2,1-5H3/t51-,52-,53+,54+,55+,56+,57-,58-,59-,60-,61-,64-,65-,66-,67-,68-,69+,70+,71+,72+,73+,74-,75-,76-,77-,78-,79-,80-,81-,82-,83-/m1/s1. The summed E-state index contributed by atoms with van der Waals surface area (Å²) in [6, 6.07) is 0. The first-order valence-electron chi connectivity index (χ1n) is 44.0. The van der Waals surface area contributed by atoms with Gasteiger partial charge in [-0.05, 0) is 65.2 Å². The number of aliphatic hydroxyl groups is 16. The molecule has 0 saturated carbocycles. The van der Waals surface area contributed by atoms with Gasteiger partial charge in [0, 0.05) is 21.3 Å². The van der Waals surface area contributed by atoms with Crippen LogP contribution in [-0.4, -0.2) is 338 Å². The van der Waals surface area contributed by atoms with Crippen molar-refractivity contribution in [1.82, 2.24) is 0 Å². The SMILES string of the molecule is CO[C@H]1[C@H](O[C@@H](CCCCCCCCCCCCCCC[C@H]2CC(=O)OC[C@H]3O[C@@H](O[C@@H](CCCCCCCCCCCCC[C@@H](CCCCC[C@@H](C)O)O[C@@H]4O[C@H](CO)[C@@H](O)[C@H](O)[C@H]4OC)CC(=O)OC[C@H]4O[C@@H](O2)[C@H](O)[C@@H](O)[C@@H]4O)[C@H](O)[C@@H](O)[C@@H]3O)CCCCC[C@@H](C)O[C@@H]2O[C@H](CO)[C@@H](O)[C@H](O)[C@H]2OC)O[C@H](CO)[C@@H](O)[C@@H]1O. The molecule has 33 nitrogen and oxygen atoms in total. The summed E-state index contributed by atoms with van der Waals surface area (Å²) in [6.07, 6.45) is -3.24. The van der Waals surface area contributed by atoms with Gasteiger partial charge in [0.05, 0.1) is 69.3 Å². The number of carbonyl (C=O) groups is 2. The van der Waals surface area contributed by atoms with E-state index in [0.717, 1.165) is 205 Å². The van der Waals surface area contributed by atoms with E-state index in [2.05, 4.69) is 0 Å². The van der Waals surface area contributed by atoms with Gasteiger partial charge in [0.15, 0.2) is 31.5 Å². The van der Waals surface area contributed by atoms with Crippen LogP contribution in [0.25, 0.3) is 0 Å². The Bertz CT molecular complexity index is 2520. The van der Waals surface area contributed by atoms with E-state index in [0.29, 0.717) is 38.5 Å². The zero-order valence-corrected chi connectivity index (χ0v) is 69.8. The van der Waals surface area contributed by atoms with Crippen LogP contribution in [0.15, 0.2) is 0 Å². The molecule has 0 amide bonds. The van der Waals surface area contributed by atoms with Crippen molar-refractivity contribution in [3.63, 3.8) is 0 Å². The maximum Gasteiger partial charge on any atom is 0.308 e. The van der Waals surface area contributed by atoms with Crippen LogP contribution < -0.4 is 0 Å². The van der Waals surface area contributed by atoms with Gasteiger partial charge in [-0.1, -0.05) is 193 Å². The van der Waals surface area contributed by atoms with Gasteiger partial charge in [0.2, 0.25) is 0 Å². The van der Waals surface area contributed by atoms with Crippen LogP contribution in [0.5, 0.6) is 0 Å². The molecule has 33 heteroatoms. The van der Waals surface area contributed by atoms with Gasteiger partial charge in [-0.25, -0.2) is 0 Å². The Kier molecular flexibility index (Phi) is 50.7. The Labute approximate surface area is 686 Å². The predicted octanol–water partition coefficient (Wildman–Crippen LogP) is 3.99. The molecule has 16 N–H and O–H groups in total. The number of carbonyl (C=O) groups excluding carboxylic acids is 2. The van der Waals surface area contributed by atoms with Crippen LogP contribution in [0.4, 0.5) is 0 Å². The molecular weight excluding hydrogens is 1520 g/mol. The fraction of sp³-hybridized carbons (Fsp3) is 0.976. The number of hydrogen-bond acceptors (Lipinski definition) is 33. The second kappa shape index (κ2) is 57.3. The van der Waals surface area contributed by atoms with Crippen molar-refractivity contribution in [2.45, 2.75) is 461 Å². The minimum Gasteiger partial charge on any atom is -0.463 e. The molecule has 6 aliphatic rings. The highest BCUT2D eigenvalue weighted by molar-refractivity contribution is 5.70. The van der Waals surface area contributed by atoms with E-state index in [1.165, 1.54) is 21.3 Å². The fourth-order valence-corrected chi connectivity index (χ4v) is 16.5. The highest BCUT2D eigenvalue weighted by atomic mass is 16.8. The largest absolute Gasteiger partial charge is 0.463 e. The molecule has 682 valence electrons. The quantitative estimate of drug-likeness (QED) is 0.0302. The number of hydrogen-bond donors (Lipinski definition) is 16. The minimum atomic E-state index is -1.77. The molecule has 6 aliphatic heterocycles. The number of ether oxygens (including phenoxy) is 15. The van der Waals surface area contributed by atoms with E-state index in [1.807, 2.05) is 6.92 Å². The van der Waals surface area contributed by atoms with Crippen LogP contribution in [0, 0.1) is 0 Å². The van der Waals surface area contributed by atoms with Crippen molar-refractivity contribution in [3.8, 4) is 0 Å². The van der Waals surface area contributed by atoms with Gasteiger partial charge in [-0.2, -0.15) is 0 Å². The van der Waals surface area contributed by atoms with Crippen molar-refractivity contribution >= 4 is 11.9 Å². The third-order valence-electron chi connectivity index (χ3n) is 23.8. The Hall–Kier alpha value is -2.22. The topological polar surface area (TPSA) is 496 Å². The summed E-state index contributed by atoms with van der Waals surface area (Å²) < 4.78 is 88.3. The van der Waals surface area contributed by atoms with Gasteiger partial charge in [-0.15, -0.1) is 0 Å². The zero-order chi connectivity index (χ0) is 84.5. The summed E-state index contributed by atoms with van der Waals surface area (Å²) in [5, 5.41) is 169. The van der Waals surface area contributed by atoms with Crippen molar-refractivity contribution < 1.29 is 162 Å². The molecule has 0 aromatic heterocycles. The number of rotatable bonds is 54. The Morgan fingerprint density at radius 1 is 0.319 bits per heavy atom. The molecule has 0 aliphatic carbocycles. The number of methoxy groups -OCH3 is 3. The smallest absolute Gasteiger partial charge is 0.308 e. The molecular formula is C83H152O33. The summed E-state index contributed by atoms with van der Waals surface area (Å²) in [7, 11) is 4.22. The van der Waals surface area contributed by atoms with Gasteiger partial charge < -0.3 is 153 Å². The maximum atomic E-state index is 13.6. The third-order valence-corrected chi connectivity index (χ3v) is 23.8. The summed E-state index contributed by atoms with van der Waals surface area (Å²) in [5.74, 6) is -1.54. The van der Waals surface area contributed by atoms with E-state index in [9.17, 15) is 91.3 Å². The first kappa shape index (κ1) is 103. The summed E-state index contributed by atoms with van der Waals surface area (Å²) >= 11 is 0. The molecule has 6 rings (SSSR count). The molecule has 0 aromatic rings. The second-order valence-electron chi connectivity index (χ2n) is 33.3. The van der Waals surface area contributed by atoms with Crippen LogP contribution in [-0.2, 0) is 80.6 Å². The molecule has 4 bridgehead atoms. The lowest BCUT2D eigenvalue weighted by Crippen LogP contribution is -2.60. The van der Waals surface area contributed by atoms with Crippen molar-refractivity contribution in [1.29, 1.82) is 0 Å². The molecule has 116 heavy (non-hydrogen) atoms. The minimum absolute atomic E-state index is 0.187. The number of aliphatic hydroxyl groups excluding tert-OH is 16. The van der Waals surface area contributed by atoms with E-state index >= 15 is 0 Å². The molecule has 0 radical (unpaired) electrons. The molecule has 0 unspecified atom stereocenters. The number of fused-ring (bicyclic) bond motifs is 4. The van der Waals surface area contributed by atoms with Crippen molar-refractivity contribution in [2.24, 2.45) is 0 Å². The summed E-state index contributed by atoms with van der Waals surface area (Å²) in [5.41, 5.74) is 0. The number of cyclic esters (lactones) is 2. The normalized spacial score (nSPS) is 35.6. The molecule has 6 heterocycles. The van der Waals surface area contributed by atoms with E-state index in [1.54, 1.807) is 6.92 Å². The molecule has 6 saturated heterocycles.